The molecule has 6 nitrogen and oxygen atoms in total. The summed E-state index contributed by atoms with van der Waals surface area (Å²) in [4.78, 5) is 12.3. The number of amides is 1. The second-order valence-corrected chi connectivity index (χ2v) is 7.49. The van der Waals surface area contributed by atoms with Crippen LogP contribution in [0.3, 0.4) is 0 Å². The molecule has 26 heavy (non-hydrogen) atoms. The molecule has 0 aliphatic heterocycles. The minimum Gasteiger partial charge on any atom is -0.481 e. The van der Waals surface area contributed by atoms with Crippen LogP contribution in [0.5, 0.6) is 5.75 Å². The molecule has 0 heterocycles. The van der Waals surface area contributed by atoms with Gasteiger partial charge in [-0.25, -0.2) is 13.1 Å². The first kappa shape index (κ1) is 19.7. The lowest BCUT2D eigenvalue weighted by molar-refractivity contribution is -0.122. The number of carbonyl (C=O) groups excluding carboxylic acids is 1. The van der Waals surface area contributed by atoms with E-state index in [2.05, 4.69) is 16.6 Å². The van der Waals surface area contributed by atoms with Crippen LogP contribution < -0.4 is 14.8 Å². The molecule has 2 aromatic rings. The fourth-order valence-electron chi connectivity index (χ4n) is 2.09. The van der Waals surface area contributed by atoms with Gasteiger partial charge in [-0.2, -0.15) is 0 Å². The van der Waals surface area contributed by atoms with Gasteiger partial charge in [0.25, 0.3) is 5.91 Å². The van der Waals surface area contributed by atoms with Crippen molar-refractivity contribution in [1.29, 1.82) is 0 Å². The number of nitrogens with one attached hydrogen (secondary N) is 2. The summed E-state index contributed by atoms with van der Waals surface area (Å²) >= 11 is 0. The summed E-state index contributed by atoms with van der Waals surface area (Å²) in [6.07, 6.45) is 0.761. The van der Waals surface area contributed by atoms with Crippen molar-refractivity contribution >= 4 is 21.6 Å². The predicted octanol–water partition coefficient (Wildman–Crippen LogP) is 2.87. The van der Waals surface area contributed by atoms with Crippen LogP contribution in [0.2, 0.25) is 0 Å². The van der Waals surface area contributed by atoms with Crippen molar-refractivity contribution < 1.29 is 17.9 Å². The van der Waals surface area contributed by atoms with Crippen molar-refractivity contribution in [2.24, 2.45) is 0 Å². The highest BCUT2D eigenvalue weighted by Gasteiger charge is 2.16. The van der Waals surface area contributed by atoms with E-state index in [0.29, 0.717) is 11.4 Å². The number of aryl methyl sites for hydroxylation is 1. The van der Waals surface area contributed by atoms with Crippen LogP contribution in [0, 0.1) is 6.92 Å². The molecule has 2 rings (SSSR count). The van der Waals surface area contributed by atoms with E-state index >= 15 is 0 Å². The molecule has 0 spiro atoms. The van der Waals surface area contributed by atoms with Crippen LogP contribution in [0.4, 0.5) is 5.69 Å². The highest BCUT2D eigenvalue weighted by Crippen LogP contribution is 2.16. The third-order valence-corrected chi connectivity index (χ3v) is 4.99. The molecule has 0 aliphatic carbocycles. The number of rotatable bonds is 8. The molecule has 2 N–H and O–H groups in total. The Morgan fingerprint density at radius 2 is 1.77 bits per heavy atom. The van der Waals surface area contributed by atoms with Gasteiger partial charge in [0.15, 0.2) is 6.10 Å². The van der Waals surface area contributed by atoms with E-state index in [9.17, 15) is 13.2 Å². The van der Waals surface area contributed by atoms with Gasteiger partial charge in [0, 0.05) is 12.2 Å². The summed E-state index contributed by atoms with van der Waals surface area (Å²) in [7, 11) is -3.59. The maximum atomic E-state index is 12.2. The SMILES string of the molecule is C=CCNS(=O)(=O)c1ccc(NC(=O)C(C)Oc2ccc(C)cc2)cc1. The number of hydrogen-bond donors (Lipinski definition) is 2. The zero-order chi connectivity index (χ0) is 19.2. The summed E-state index contributed by atoms with van der Waals surface area (Å²) in [5.41, 5.74) is 1.59. The molecule has 0 bridgehead atoms. The topological polar surface area (TPSA) is 84.5 Å². The van der Waals surface area contributed by atoms with Gasteiger partial charge in [0.2, 0.25) is 10.0 Å². The van der Waals surface area contributed by atoms with Crippen molar-refractivity contribution in [3.05, 3.63) is 66.7 Å². The van der Waals surface area contributed by atoms with Gasteiger partial charge in [-0.3, -0.25) is 4.79 Å². The Morgan fingerprint density at radius 1 is 1.15 bits per heavy atom. The fraction of sp³-hybridized carbons (Fsp3) is 0.211. The van der Waals surface area contributed by atoms with Crippen molar-refractivity contribution in [2.75, 3.05) is 11.9 Å². The van der Waals surface area contributed by atoms with Gasteiger partial charge in [0.1, 0.15) is 5.75 Å². The second kappa shape index (κ2) is 8.64. The Kier molecular flexibility index (Phi) is 6.54. The van der Waals surface area contributed by atoms with E-state index in [0.717, 1.165) is 5.56 Å². The molecule has 1 atom stereocenters. The lowest BCUT2D eigenvalue weighted by atomic mass is 10.2. The lowest BCUT2D eigenvalue weighted by Gasteiger charge is -2.15. The molecule has 0 saturated heterocycles. The maximum absolute atomic E-state index is 12.2. The molecule has 0 aliphatic rings. The van der Waals surface area contributed by atoms with Gasteiger partial charge < -0.3 is 10.1 Å². The summed E-state index contributed by atoms with van der Waals surface area (Å²) in [6, 6.07) is 13.3. The second-order valence-electron chi connectivity index (χ2n) is 5.73. The van der Waals surface area contributed by atoms with Crippen LogP contribution in [0.1, 0.15) is 12.5 Å². The van der Waals surface area contributed by atoms with Crippen molar-refractivity contribution in [3.63, 3.8) is 0 Å². The summed E-state index contributed by atoms with van der Waals surface area (Å²) in [5, 5.41) is 2.70. The van der Waals surface area contributed by atoms with Gasteiger partial charge in [0.05, 0.1) is 4.90 Å². The Morgan fingerprint density at radius 3 is 2.35 bits per heavy atom. The monoisotopic (exact) mass is 374 g/mol. The average Bonchev–Trinajstić information content (AvgIpc) is 2.62. The zero-order valence-corrected chi connectivity index (χ0v) is 15.5. The average molecular weight is 374 g/mol. The minimum atomic E-state index is -3.59. The van der Waals surface area contributed by atoms with Crippen molar-refractivity contribution in [3.8, 4) is 5.75 Å². The van der Waals surface area contributed by atoms with Gasteiger partial charge in [-0.1, -0.05) is 23.8 Å². The van der Waals surface area contributed by atoms with E-state index in [1.807, 2.05) is 19.1 Å². The number of benzene rings is 2. The number of ether oxygens (including phenoxy) is 1. The maximum Gasteiger partial charge on any atom is 0.265 e. The Balaban J connectivity index is 1.98. The zero-order valence-electron chi connectivity index (χ0n) is 14.7. The van der Waals surface area contributed by atoms with Gasteiger partial charge >= 0.3 is 0 Å². The molecule has 138 valence electrons. The van der Waals surface area contributed by atoms with E-state index in [4.69, 9.17) is 4.74 Å². The predicted molar refractivity (Wildman–Crippen MR) is 102 cm³/mol. The molecule has 0 saturated carbocycles. The van der Waals surface area contributed by atoms with E-state index in [1.165, 1.54) is 30.3 Å². The van der Waals surface area contributed by atoms with Gasteiger partial charge in [-0.15, -0.1) is 6.58 Å². The number of carbonyl (C=O) groups is 1. The minimum absolute atomic E-state index is 0.112. The standard InChI is InChI=1S/C19H22N2O4S/c1-4-13-20-26(23,24)18-11-7-16(8-12-18)21-19(22)15(3)25-17-9-5-14(2)6-10-17/h4-12,15,20H,1,13H2,2-3H3,(H,21,22). The lowest BCUT2D eigenvalue weighted by Crippen LogP contribution is -2.30. The molecule has 0 radical (unpaired) electrons. The van der Waals surface area contributed by atoms with Crippen LogP contribution in [-0.2, 0) is 14.8 Å². The first-order valence-electron chi connectivity index (χ1n) is 8.06. The fourth-order valence-corrected chi connectivity index (χ4v) is 3.09. The highest BCUT2D eigenvalue weighted by atomic mass is 32.2. The number of hydrogen-bond acceptors (Lipinski definition) is 4. The molecule has 0 aromatic heterocycles. The molecular weight excluding hydrogens is 352 g/mol. The Hall–Kier alpha value is -2.64. The quantitative estimate of drug-likeness (QED) is 0.696. The van der Waals surface area contributed by atoms with Crippen molar-refractivity contribution in [1.82, 2.24) is 4.72 Å². The summed E-state index contributed by atoms with van der Waals surface area (Å²) in [5.74, 6) is 0.277. The first-order valence-corrected chi connectivity index (χ1v) is 9.55. The molecule has 0 fully saturated rings. The van der Waals surface area contributed by atoms with Crippen LogP contribution in [0.15, 0.2) is 66.1 Å². The summed E-state index contributed by atoms with van der Waals surface area (Å²) < 4.78 is 32.0. The number of anilines is 1. The van der Waals surface area contributed by atoms with Gasteiger partial charge in [-0.05, 0) is 50.2 Å². The third-order valence-electron chi connectivity index (χ3n) is 3.55. The molecule has 2 aromatic carbocycles. The smallest absolute Gasteiger partial charge is 0.265 e. The van der Waals surface area contributed by atoms with Crippen LogP contribution in [-0.4, -0.2) is 27.0 Å². The van der Waals surface area contributed by atoms with E-state index in [1.54, 1.807) is 19.1 Å². The molecule has 1 unspecified atom stereocenters. The van der Waals surface area contributed by atoms with Crippen molar-refractivity contribution in [2.45, 2.75) is 24.8 Å². The van der Waals surface area contributed by atoms with E-state index in [-0.39, 0.29) is 17.3 Å². The van der Waals surface area contributed by atoms with E-state index < -0.39 is 16.1 Å². The normalized spacial score (nSPS) is 12.2. The first-order chi connectivity index (χ1) is 12.3. The molecule has 1 amide bonds. The van der Waals surface area contributed by atoms with Crippen LogP contribution >= 0.6 is 0 Å². The Bertz CT molecular complexity index is 859. The largest absolute Gasteiger partial charge is 0.481 e. The highest BCUT2D eigenvalue weighted by molar-refractivity contribution is 7.89. The Labute approximate surface area is 153 Å². The third kappa shape index (κ3) is 5.44. The summed E-state index contributed by atoms with van der Waals surface area (Å²) in [6.45, 7) is 7.23. The molecular formula is C19H22N2O4S. The van der Waals surface area contributed by atoms with Crippen LogP contribution in [0.25, 0.3) is 0 Å². The number of sulfonamides is 1. The molecule has 7 heteroatoms.